The van der Waals surface area contributed by atoms with Crippen LogP contribution in [-0.4, -0.2) is 19.7 Å². The minimum Gasteiger partial charge on any atom is -0.497 e. The molecule has 2 rings (SSSR count). The van der Waals surface area contributed by atoms with Crippen molar-refractivity contribution in [1.82, 2.24) is 0 Å². The fraction of sp³-hybridized carbons (Fsp3) is 0.235. The minimum absolute atomic E-state index is 0. The summed E-state index contributed by atoms with van der Waals surface area (Å²) in [6.07, 6.45) is 0. The fourth-order valence-electron chi connectivity index (χ4n) is 1.98. The van der Waals surface area contributed by atoms with Gasteiger partial charge in [0.1, 0.15) is 11.5 Å². The van der Waals surface area contributed by atoms with Crippen LogP contribution in [0.15, 0.2) is 47.5 Å². The number of nitrogens with two attached hydrogens (primary N) is 1. The first-order valence-electron chi connectivity index (χ1n) is 7.24. The Kier molecular flexibility index (Phi) is 8.70. The van der Waals surface area contributed by atoms with E-state index in [1.165, 1.54) is 0 Å². The van der Waals surface area contributed by atoms with Crippen molar-refractivity contribution >= 4 is 47.2 Å². The lowest BCUT2D eigenvalue weighted by Crippen LogP contribution is -2.22. The second kappa shape index (κ2) is 10.2. The average molecular weight is 462 g/mol. The summed E-state index contributed by atoms with van der Waals surface area (Å²) < 4.78 is 10.7. The molecule has 2 aromatic carbocycles. The second-order valence-electron chi connectivity index (χ2n) is 4.74. The van der Waals surface area contributed by atoms with Crippen molar-refractivity contribution < 1.29 is 9.47 Å². The maximum Gasteiger partial charge on any atom is 0.193 e. The van der Waals surface area contributed by atoms with E-state index in [9.17, 15) is 0 Å². The second-order valence-corrected chi connectivity index (χ2v) is 5.18. The predicted octanol–water partition coefficient (Wildman–Crippen LogP) is 4.29. The molecule has 0 amide bonds. The Bertz CT molecular complexity index is 678. The number of ether oxygens (including phenoxy) is 2. The molecule has 0 saturated carbocycles. The highest BCUT2D eigenvalue weighted by atomic mass is 127. The van der Waals surface area contributed by atoms with Gasteiger partial charge in [-0.15, -0.1) is 24.0 Å². The lowest BCUT2D eigenvalue weighted by Gasteiger charge is -2.10. The molecule has 0 aromatic heterocycles. The van der Waals surface area contributed by atoms with E-state index in [4.69, 9.17) is 26.8 Å². The van der Waals surface area contributed by atoms with Gasteiger partial charge in [-0.25, -0.2) is 4.99 Å². The number of methoxy groups -OCH3 is 1. The summed E-state index contributed by atoms with van der Waals surface area (Å²) in [5.74, 6) is 1.84. The summed E-state index contributed by atoms with van der Waals surface area (Å²) in [4.78, 5) is 4.33. The molecular weight excluding hydrogens is 441 g/mol. The van der Waals surface area contributed by atoms with Crippen LogP contribution in [0.4, 0.5) is 5.69 Å². The molecule has 0 heterocycles. The molecule has 0 aliphatic rings. The molecule has 0 aliphatic carbocycles. The lowest BCUT2D eigenvalue weighted by atomic mass is 10.2. The topological polar surface area (TPSA) is 68.9 Å². The largest absolute Gasteiger partial charge is 0.497 e. The lowest BCUT2D eigenvalue weighted by molar-refractivity contribution is 0.336. The molecule has 3 N–H and O–H groups in total. The molecule has 0 spiro atoms. The average Bonchev–Trinajstić information content (AvgIpc) is 2.55. The number of aliphatic imine (C=N–C) groups is 1. The van der Waals surface area contributed by atoms with Crippen LogP contribution in [0.25, 0.3) is 0 Å². The van der Waals surface area contributed by atoms with Crippen LogP contribution in [0.3, 0.4) is 0 Å². The van der Waals surface area contributed by atoms with Crippen molar-refractivity contribution in [2.45, 2.75) is 13.5 Å². The summed E-state index contributed by atoms with van der Waals surface area (Å²) in [6, 6.07) is 12.9. The number of nitrogens with zero attached hydrogens (tertiary/aromatic N) is 1. The Hall–Kier alpha value is -1.67. The van der Waals surface area contributed by atoms with Crippen molar-refractivity contribution in [2.75, 3.05) is 19.0 Å². The summed E-state index contributed by atoms with van der Waals surface area (Å²) in [7, 11) is 1.63. The van der Waals surface area contributed by atoms with Gasteiger partial charge < -0.3 is 20.5 Å². The zero-order chi connectivity index (χ0) is 16.7. The van der Waals surface area contributed by atoms with Crippen LogP contribution in [0, 0.1) is 0 Å². The van der Waals surface area contributed by atoms with Gasteiger partial charge in [-0.3, -0.25) is 0 Å². The third-order valence-electron chi connectivity index (χ3n) is 3.11. The van der Waals surface area contributed by atoms with Crippen LogP contribution in [0.5, 0.6) is 11.5 Å². The van der Waals surface area contributed by atoms with E-state index in [2.05, 4.69) is 10.3 Å². The molecule has 0 atom stereocenters. The number of rotatable bonds is 6. The van der Waals surface area contributed by atoms with E-state index in [0.717, 1.165) is 22.7 Å². The van der Waals surface area contributed by atoms with E-state index in [-0.39, 0.29) is 24.0 Å². The van der Waals surface area contributed by atoms with Crippen LogP contribution in [0.1, 0.15) is 12.5 Å². The predicted molar refractivity (Wildman–Crippen MR) is 110 cm³/mol. The zero-order valence-electron chi connectivity index (χ0n) is 13.6. The van der Waals surface area contributed by atoms with Crippen molar-refractivity contribution in [3.05, 3.63) is 53.1 Å². The Balaban J connectivity index is 0.00000288. The molecule has 130 valence electrons. The Morgan fingerprint density at radius 3 is 2.54 bits per heavy atom. The Morgan fingerprint density at radius 2 is 1.92 bits per heavy atom. The number of benzene rings is 2. The first-order chi connectivity index (χ1) is 11.1. The van der Waals surface area contributed by atoms with Gasteiger partial charge in [0, 0.05) is 16.3 Å². The molecule has 0 radical (unpaired) electrons. The fourth-order valence-corrected chi connectivity index (χ4v) is 2.14. The first kappa shape index (κ1) is 20.4. The van der Waals surface area contributed by atoms with Crippen molar-refractivity contribution in [3.63, 3.8) is 0 Å². The van der Waals surface area contributed by atoms with Gasteiger partial charge >= 0.3 is 0 Å². The Morgan fingerprint density at radius 1 is 1.21 bits per heavy atom. The van der Waals surface area contributed by atoms with Crippen molar-refractivity contribution in [2.24, 2.45) is 10.7 Å². The number of halogens is 2. The van der Waals surface area contributed by atoms with E-state index >= 15 is 0 Å². The number of guanidine groups is 1. The van der Waals surface area contributed by atoms with Crippen LogP contribution in [-0.2, 0) is 6.54 Å². The smallest absolute Gasteiger partial charge is 0.193 e. The first-order valence-corrected chi connectivity index (χ1v) is 7.62. The highest BCUT2D eigenvalue weighted by molar-refractivity contribution is 14.0. The molecule has 0 saturated heterocycles. The maximum atomic E-state index is 5.98. The van der Waals surface area contributed by atoms with Crippen molar-refractivity contribution in [3.8, 4) is 11.5 Å². The van der Waals surface area contributed by atoms with Gasteiger partial charge in [0.2, 0.25) is 0 Å². The van der Waals surface area contributed by atoms with Gasteiger partial charge in [0.05, 0.1) is 20.3 Å². The van der Waals surface area contributed by atoms with E-state index < -0.39 is 0 Å². The molecule has 0 unspecified atom stereocenters. The molecular formula is C17H21ClIN3O2. The highest BCUT2D eigenvalue weighted by Crippen LogP contribution is 2.24. The molecule has 24 heavy (non-hydrogen) atoms. The number of hydrogen-bond acceptors (Lipinski definition) is 3. The molecule has 2 aromatic rings. The normalized spacial score (nSPS) is 10.7. The zero-order valence-corrected chi connectivity index (χ0v) is 16.7. The monoisotopic (exact) mass is 461 g/mol. The van der Waals surface area contributed by atoms with Gasteiger partial charge in [-0.05, 0) is 43.3 Å². The third kappa shape index (κ3) is 6.09. The summed E-state index contributed by atoms with van der Waals surface area (Å²) in [6.45, 7) is 2.89. The third-order valence-corrected chi connectivity index (χ3v) is 3.35. The SMILES string of the molecule is CCOc1cc(Cl)ccc1CN=C(N)Nc1ccc(OC)cc1.I. The minimum atomic E-state index is 0. The summed E-state index contributed by atoms with van der Waals surface area (Å²) in [5, 5.41) is 3.66. The van der Waals surface area contributed by atoms with E-state index in [0.29, 0.717) is 24.1 Å². The summed E-state index contributed by atoms with van der Waals surface area (Å²) in [5.41, 5.74) is 7.69. The van der Waals surface area contributed by atoms with Crippen LogP contribution in [0.2, 0.25) is 5.02 Å². The quantitative estimate of drug-likeness (QED) is 0.382. The highest BCUT2D eigenvalue weighted by Gasteiger charge is 2.04. The standard InChI is InChI=1S/C17H20ClN3O2.HI/c1-3-23-16-10-13(18)5-4-12(16)11-20-17(19)21-14-6-8-15(22-2)9-7-14;/h4-10H,3,11H2,1-2H3,(H3,19,20,21);1H. The number of hydrogen-bond donors (Lipinski definition) is 2. The van der Waals surface area contributed by atoms with Gasteiger partial charge in [0.15, 0.2) is 5.96 Å². The molecule has 0 fully saturated rings. The van der Waals surface area contributed by atoms with E-state index in [1.807, 2.05) is 43.3 Å². The maximum absolute atomic E-state index is 5.98. The number of anilines is 1. The number of nitrogens with one attached hydrogen (secondary N) is 1. The molecule has 0 bridgehead atoms. The Labute approximate surface area is 164 Å². The van der Waals surface area contributed by atoms with Gasteiger partial charge in [0.25, 0.3) is 0 Å². The molecule has 7 heteroatoms. The molecule has 5 nitrogen and oxygen atoms in total. The van der Waals surface area contributed by atoms with E-state index in [1.54, 1.807) is 13.2 Å². The summed E-state index contributed by atoms with van der Waals surface area (Å²) >= 11 is 5.98. The van der Waals surface area contributed by atoms with Crippen molar-refractivity contribution in [1.29, 1.82) is 0 Å². The van der Waals surface area contributed by atoms with Gasteiger partial charge in [-0.2, -0.15) is 0 Å². The van der Waals surface area contributed by atoms with Crippen LogP contribution >= 0.6 is 35.6 Å². The van der Waals surface area contributed by atoms with Gasteiger partial charge in [-0.1, -0.05) is 17.7 Å². The van der Waals surface area contributed by atoms with Crippen LogP contribution < -0.4 is 20.5 Å². The molecule has 0 aliphatic heterocycles.